The van der Waals surface area contributed by atoms with Gasteiger partial charge in [-0.15, -0.1) is 0 Å². The molecule has 0 radical (unpaired) electrons. The van der Waals surface area contributed by atoms with Crippen LogP contribution in [0.5, 0.6) is 23.0 Å². The van der Waals surface area contributed by atoms with Crippen molar-refractivity contribution in [3.05, 3.63) is 47.0 Å². The van der Waals surface area contributed by atoms with Crippen LogP contribution in [0.15, 0.2) is 30.3 Å². The Morgan fingerprint density at radius 3 is 2.19 bits per heavy atom. The molecule has 1 N–H and O–H groups in total. The number of ether oxygens (including phenoxy) is 9. The number of amides is 1. The van der Waals surface area contributed by atoms with Gasteiger partial charge in [-0.05, 0) is 82.0 Å². The lowest BCUT2D eigenvalue weighted by atomic mass is 9.51. The smallest absolute Gasteiger partial charge is 0.409 e. The van der Waals surface area contributed by atoms with Crippen LogP contribution in [-0.4, -0.2) is 107 Å². The molecule has 12 heteroatoms. The minimum absolute atomic E-state index is 0.00988. The van der Waals surface area contributed by atoms with Crippen molar-refractivity contribution in [1.82, 2.24) is 10.2 Å². The van der Waals surface area contributed by atoms with Gasteiger partial charge >= 0.3 is 6.09 Å². The Kier molecular flexibility index (Phi) is 7.98. The summed E-state index contributed by atoms with van der Waals surface area (Å²) in [5, 5.41) is 3.77. The average molecular weight is 733 g/mol. The van der Waals surface area contributed by atoms with E-state index >= 15 is 0 Å². The SMILES string of the molecule is CCOC(=O)N1CCC23c4cccc(OC)c4OC2C2(CCC3C1C)OCCO2.COc1ccc2c3c1OC1C4(CCC5C(C2)NCCC351)OCCO4. The molecule has 2 bridgehead atoms. The van der Waals surface area contributed by atoms with E-state index in [1.807, 2.05) is 24.0 Å². The largest absolute Gasteiger partial charge is 0.493 e. The van der Waals surface area contributed by atoms with Crippen molar-refractivity contribution in [2.45, 2.75) is 105 Å². The summed E-state index contributed by atoms with van der Waals surface area (Å²) in [5.74, 6) is 2.84. The molecule has 4 spiro atoms. The number of fused-ring (bicyclic) bond motifs is 3. The lowest BCUT2D eigenvalue weighted by Crippen LogP contribution is -2.69. The first-order chi connectivity index (χ1) is 25.9. The average Bonchev–Trinajstić information content (AvgIpc) is 3.98. The highest BCUT2D eigenvalue weighted by molar-refractivity contribution is 5.69. The molecule has 8 unspecified atom stereocenters. The van der Waals surface area contributed by atoms with Gasteiger partial charge < -0.3 is 52.8 Å². The van der Waals surface area contributed by atoms with E-state index in [1.54, 1.807) is 14.2 Å². The first-order valence-electron chi connectivity index (χ1n) is 19.8. The van der Waals surface area contributed by atoms with Gasteiger partial charge in [0.05, 0.1) is 47.3 Å². The fraction of sp³-hybridized carbons (Fsp3) is 0.683. The van der Waals surface area contributed by atoms with Crippen LogP contribution in [0, 0.1) is 11.8 Å². The van der Waals surface area contributed by atoms with Gasteiger partial charge in [-0.2, -0.15) is 0 Å². The summed E-state index contributed by atoms with van der Waals surface area (Å²) in [6, 6.07) is 11.0. The zero-order valence-corrected chi connectivity index (χ0v) is 31.3. The number of methoxy groups -OCH3 is 2. The monoisotopic (exact) mass is 732 g/mol. The van der Waals surface area contributed by atoms with Crippen LogP contribution >= 0.6 is 0 Å². The number of benzene rings is 2. The molecule has 8 atom stereocenters. The number of nitrogens with one attached hydrogen (secondary N) is 1. The van der Waals surface area contributed by atoms with Gasteiger partial charge in [0.15, 0.2) is 35.2 Å². The lowest BCUT2D eigenvalue weighted by molar-refractivity contribution is -0.258. The van der Waals surface area contributed by atoms with Crippen LogP contribution in [0.3, 0.4) is 0 Å². The number of rotatable bonds is 3. The predicted molar refractivity (Wildman–Crippen MR) is 191 cm³/mol. The molecular formula is C41H52N2O10. The standard InChI is InChI=1S/C22H29NO6.C19H23NO4/c1-4-26-20(24)23-11-10-21-15(14(23)2)8-9-22(27-12-13-28-22)19(21)29-18-16(21)6-5-7-17(18)25-3;1-21-14-3-2-11-10-13-12-4-5-19(22-8-9-23-19)17-18(12,6-7-20-13)15(11)16(14)24-17/h5-7,14-15,19H,4,8-13H2,1-3H3;2-3,12-13,17,20H,4-10H2,1H3. The van der Waals surface area contributed by atoms with Crippen molar-refractivity contribution in [1.29, 1.82) is 0 Å². The van der Waals surface area contributed by atoms with E-state index in [-0.39, 0.29) is 41.1 Å². The van der Waals surface area contributed by atoms with Crippen molar-refractivity contribution >= 4 is 6.09 Å². The maximum absolute atomic E-state index is 12.6. The molecule has 4 saturated heterocycles. The summed E-state index contributed by atoms with van der Waals surface area (Å²) in [6.45, 7) is 8.51. The maximum atomic E-state index is 12.6. The number of hydrogen-bond donors (Lipinski definition) is 1. The summed E-state index contributed by atoms with van der Waals surface area (Å²) < 4.78 is 54.6. The highest BCUT2D eigenvalue weighted by Crippen LogP contribution is 2.66. The lowest BCUT2D eigenvalue weighted by Gasteiger charge is -2.58. The molecule has 6 heterocycles. The van der Waals surface area contributed by atoms with E-state index in [9.17, 15) is 4.79 Å². The molecule has 0 aromatic heterocycles. The van der Waals surface area contributed by atoms with Crippen molar-refractivity contribution in [2.24, 2.45) is 11.8 Å². The van der Waals surface area contributed by atoms with E-state index < -0.39 is 11.6 Å². The summed E-state index contributed by atoms with van der Waals surface area (Å²) in [4.78, 5) is 14.4. The zero-order valence-electron chi connectivity index (χ0n) is 31.3. The Morgan fingerprint density at radius 1 is 0.830 bits per heavy atom. The summed E-state index contributed by atoms with van der Waals surface area (Å²) in [7, 11) is 3.39. The van der Waals surface area contributed by atoms with Gasteiger partial charge in [0.25, 0.3) is 0 Å². The minimum atomic E-state index is -0.730. The van der Waals surface area contributed by atoms with Crippen molar-refractivity contribution in [3.8, 4) is 23.0 Å². The van der Waals surface area contributed by atoms with E-state index in [0.717, 1.165) is 80.1 Å². The quantitative estimate of drug-likeness (QED) is 0.467. The normalized spacial score (nSPS) is 36.9. The third kappa shape index (κ3) is 4.50. The van der Waals surface area contributed by atoms with Crippen molar-refractivity contribution < 1.29 is 47.4 Å². The van der Waals surface area contributed by atoms with Gasteiger partial charge in [0.2, 0.25) is 11.6 Å². The van der Waals surface area contributed by atoms with Gasteiger partial charge in [0, 0.05) is 53.4 Å². The number of hydrogen-bond acceptors (Lipinski definition) is 11. The fourth-order valence-electron chi connectivity index (χ4n) is 12.6. The highest BCUT2D eigenvalue weighted by atomic mass is 16.8. The Balaban J connectivity index is 0.000000134. The minimum Gasteiger partial charge on any atom is -0.493 e. The molecular weight excluding hydrogens is 680 g/mol. The van der Waals surface area contributed by atoms with Crippen LogP contribution in [0.4, 0.5) is 4.79 Å². The highest BCUT2D eigenvalue weighted by Gasteiger charge is 2.71. The number of carbonyl (C=O) groups excluding carboxylic acids is 1. The van der Waals surface area contributed by atoms with Crippen LogP contribution in [-0.2, 0) is 40.9 Å². The number of nitrogens with zero attached hydrogens (tertiary/aromatic N) is 1. The molecule has 6 fully saturated rings. The molecule has 1 amide bonds. The summed E-state index contributed by atoms with van der Waals surface area (Å²) >= 11 is 0. The topological polar surface area (TPSA) is 115 Å². The Labute approximate surface area is 311 Å². The molecule has 2 aromatic carbocycles. The number of piperidine rings is 2. The number of likely N-dealkylation sites (tertiary alicyclic amines) is 1. The molecule has 3 aliphatic carbocycles. The summed E-state index contributed by atoms with van der Waals surface area (Å²) in [5.41, 5.74) is 3.69. The first-order valence-corrected chi connectivity index (χ1v) is 19.8. The molecule has 6 aliphatic heterocycles. The van der Waals surface area contributed by atoms with Gasteiger partial charge in [-0.3, -0.25) is 0 Å². The van der Waals surface area contributed by atoms with E-state index in [1.165, 1.54) is 11.1 Å². The molecule has 2 aromatic rings. The van der Waals surface area contributed by atoms with E-state index in [0.29, 0.717) is 51.5 Å². The molecule has 12 nitrogen and oxygen atoms in total. The van der Waals surface area contributed by atoms with Crippen LogP contribution < -0.4 is 24.3 Å². The third-order valence-electron chi connectivity index (χ3n) is 14.5. The van der Waals surface area contributed by atoms with Crippen LogP contribution in [0.1, 0.15) is 69.1 Å². The summed E-state index contributed by atoms with van der Waals surface area (Å²) in [6.07, 6.45) is 6.11. The van der Waals surface area contributed by atoms with Crippen LogP contribution in [0.25, 0.3) is 0 Å². The second kappa shape index (κ2) is 12.4. The zero-order chi connectivity index (χ0) is 36.2. The Hall–Kier alpha value is -3.29. The Morgan fingerprint density at radius 2 is 1.49 bits per heavy atom. The van der Waals surface area contributed by atoms with Crippen molar-refractivity contribution in [3.63, 3.8) is 0 Å². The second-order valence-electron chi connectivity index (χ2n) is 16.3. The van der Waals surface area contributed by atoms with Crippen LogP contribution in [0.2, 0.25) is 0 Å². The molecule has 9 aliphatic rings. The molecule has 286 valence electrons. The van der Waals surface area contributed by atoms with Gasteiger partial charge in [-0.1, -0.05) is 18.2 Å². The second-order valence-corrected chi connectivity index (χ2v) is 16.3. The maximum Gasteiger partial charge on any atom is 0.409 e. The molecule has 53 heavy (non-hydrogen) atoms. The number of carbonyl (C=O) groups is 1. The predicted octanol–water partition coefficient (Wildman–Crippen LogP) is 4.86. The molecule has 2 saturated carbocycles. The fourth-order valence-corrected chi connectivity index (χ4v) is 12.6. The van der Waals surface area contributed by atoms with Gasteiger partial charge in [0.1, 0.15) is 0 Å². The van der Waals surface area contributed by atoms with E-state index in [4.69, 9.17) is 42.6 Å². The van der Waals surface area contributed by atoms with Crippen molar-refractivity contribution in [2.75, 3.05) is 60.3 Å². The van der Waals surface area contributed by atoms with Gasteiger partial charge in [-0.25, -0.2) is 4.79 Å². The van der Waals surface area contributed by atoms with E-state index in [2.05, 4.69) is 30.4 Å². The Bertz CT molecular complexity index is 1770. The third-order valence-corrected chi connectivity index (χ3v) is 14.5. The number of para-hydroxylation sites is 1. The first kappa shape index (κ1) is 34.2. The molecule has 11 rings (SSSR count).